The number of aromatic nitrogens is 1. The van der Waals surface area contributed by atoms with Gasteiger partial charge in [-0.3, -0.25) is 4.79 Å². The van der Waals surface area contributed by atoms with E-state index < -0.39 is 5.24 Å². The number of pyridine rings is 1. The summed E-state index contributed by atoms with van der Waals surface area (Å²) in [5, 5.41) is 0.570. The minimum absolute atomic E-state index is 0.356. The van der Waals surface area contributed by atoms with E-state index in [1.807, 2.05) is 6.07 Å². The minimum Gasteiger partial charge on any atom is -0.493 e. The van der Waals surface area contributed by atoms with E-state index in [4.69, 9.17) is 32.7 Å². The lowest BCUT2D eigenvalue weighted by molar-refractivity contribution is 0.108. The third-order valence-electron chi connectivity index (χ3n) is 3.66. The van der Waals surface area contributed by atoms with Crippen LogP contribution in [-0.4, -0.2) is 24.4 Å². The van der Waals surface area contributed by atoms with Crippen molar-refractivity contribution in [3.05, 3.63) is 53.1 Å². The van der Waals surface area contributed by atoms with Crippen molar-refractivity contribution in [1.82, 2.24) is 4.98 Å². The van der Waals surface area contributed by atoms with Crippen molar-refractivity contribution in [2.24, 2.45) is 0 Å². The van der Waals surface area contributed by atoms with Crippen molar-refractivity contribution in [3.63, 3.8) is 0 Å². The standard InChI is InChI=1S/C18H13Cl2NO3/c1-23-16-6-3-10(7-17(16)24-2)15-9-13(18(20)22)12-8-11(19)4-5-14(12)21-15/h3-9H,1-2H3. The Morgan fingerprint density at radius 1 is 1.00 bits per heavy atom. The summed E-state index contributed by atoms with van der Waals surface area (Å²) >= 11 is 11.8. The molecule has 3 aromatic rings. The molecule has 0 saturated carbocycles. The number of hydrogen-bond acceptors (Lipinski definition) is 4. The van der Waals surface area contributed by atoms with Crippen molar-refractivity contribution < 1.29 is 14.3 Å². The van der Waals surface area contributed by atoms with Crippen molar-refractivity contribution >= 4 is 39.3 Å². The largest absolute Gasteiger partial charge is 0.493 e. The number of fused-ring (bicyclic) bond motifs is 1. The number of hydrogen-bond donors (Lipinski definition) is 0. The Kier molecular flexibility index (Phi) is 4.60. The first-order valence-corrected chi connectivity index (χ1v) is 7.81. The van der Waals surface area contributed by atoms with E-state index in [9.17, 15) is 4.79 Å². The van der Waals surface area contributed by atoms with Gasteiger partial charge in [0, 0.05) is 21.5 Å². The third-order valence-corrected chi connectivity index (χ3v) is 4.10. The van der Waals surface area contributed by atoms with E-state index in [0.29, 0.717) is 38.7 Å². The van der Waals surface area contributed by atoms with Crippen LogP contribution in [0.5, 0.6) is 11.5 Å². The summed E-state index contributed by atoms with van der Waals surface area (Å²) in [6, 6.07) is 12.2. The van der Waals surface area contributed by atoms with E-state index in [-0.39, 0.29) is 0 Å². The van der Waals surface area contributed by atoms with E-state index in [1.165, 1.54) is 0 Å². The zero-order chi connectivity index (χ0) is 17.3. The first-order valence-electron chi connectivity index (χ1n) is 7.06. The quantitative estimate of drug-likeness (QED) is 0.616. The Balaban J connectivity index is 2.23. The molecule has 4 nitrogen and oxygen atoms in total. The van der Waals surface area contributed by atoms with Crippen LogP contribution in [0.25, 0.3) is 22.2 Å². The van der Waals surface area contributed by atoms with Gasteiger partial charge in [-0.1, -0.05) is 11.6 Å². The second-order valence-corrected chi connectivity index (χ2v) is 5.84. The Labute approximate surface area is 148 Å². The molecule has 0 bridgehead atoms. The smallest absolute Gasteiger partial charge is 0.253 e. The average Bonchev–Trinajstić information content (AvgIpc) is 2.60. The summed E-state index contributed by atoms with van der Waals surface area (Å²) in [5.41, 5.74) is 2.38. The van der Waals surface area contributed by atoms with Crippen LogP contribution in [0.4, 0.5) is 0 Å². The van der Waals surface area contributed by atoms with Gasteiger partial charge in [-0.2, -0.15) is 0 Å². The highest BCUT2D eigenvalue weighted by Gasteiger charge is 2.14. The molecule has 0 fully saturated rings. The fraction of sp³-hybridized carbons (Fsp3) is 0.111. The first-order chi connectivity index (χ1) is 11.5. The maximum atomic E-state index is 11.8. The van der Waals surface area contributed by atoms with Crippen molar-refractivity contribution in [1.29, 1.82) is 0 Å². The summed E-state index contributed by atoms with van der Waals surface area (Å²) in [6.07, 6.45) is 0. The Morgan fingerprint density at radius 3 is 2.42 bits per heavy atom. The predicted octanol–water partition coefficient (Wildman–Crippen LogP) is 4.95. The molecule has 6 heteroatoms. The van der Waals surface area contributed by atoms with Crippen molar-refractivity contribution in [2.45, 2.75) is 0 Å². The molecule has 0 N–H and O–H groups in total. The molecular formula is C18H13Cl2NO3. The molecule has 3 rings (SSSR count). The minimum atomic E-state index is -0.564. The number of halogens is 2. The molecular weight excluding hydrogens is 349 g/mol. The second kappa shape index (κ2) is 6.67. The Bertz CT molecular complexity index is 941. The zero-order valence-electron chi connectivity index (χ0n) is 13.0. The molecule has 0 atom stereocenters. The normalized spacial score (nSPS) is 10.7. The maximum absolute atomic E-state index is 11.8. The number of carbonyl (C=O) groups is 1. The number of methoxy groups -OCH3 is 2. The highest BCUT2D eigenvalue weighted by molar-refractivity contribution is 6.68. The molecule has 0 radical (unpaired) electrons. The Morgan fingerprint density at radius 2 is 1.75 bits per heavy atom. The number of ether oxygens (including phenoxy) is 2. The SMILES string of the molecule is COc1ccc(-c2cc(C(=O)Cl)c3cc(Cl)ccc3n2)cc1OC. The van der Waals surface area contributed by atoms with Crippen LogP contribution in [0.3, 0.4) is 0 Å². The molecule has 0 amide bonds. The van der Waals surface area contributed by atoms with E-state index in [0.717, 1.165) is 5.56 Å². The molecule has 0 aliphatic carbocycles. The lowest BCUT2D eigenvalue weighted by Crippen LogP contribution is -1.97. The van der Waals surface area contributed by atoms with Gasteiger partial charge >= 0.3 is 0 Å². The van der Waals surface area contributed by atoms with Gasteiger partial charge in [0.25, 0.3) is 5.24 Å². The molecule has 0 aliphatic rings. The highest BCUT2D eigenvalue weighted by atomic mass is 35.5. The molecule has 0 unspecified atom stereocenters. The summed E-state index contributed by atoms with van der Waals surface area (Å²) in [7, 11) is 3.13. The van der Waals surface area contributed by atoms with Gasteiger partial charge in [0.05, 0.1) is 25.4 Å². The number of carbonyl (C=O) groups excluding carboxylic acids is 1. The van der Waals surface area contributed by atoms with Crippen LogP contribution in [0.1, 0.15) is 10.4 Å². The molecule has 1 heterocycles. The molecule has 24 heavy (non-hydrogen) atoms. The average molecular weight is 362 g/mol. The van der Waals surface area contributed by atoms with Crippen molar-refractivity contribution in [3.8, 4) is 22.8 Å². The van der Waals surface area contributed by atoms with Gasteiger partial charge in [-0.05, 0) is 54.1 Å². The summed E-state index contributed by atoms with van der Waals surface area (Å²) < 4.78 is 10.6. The molecule has 0 aliphatic heterocycles. The summed E-state index contributed by atoms with van der Waals surface area (Å²) in [4.78, 5) is 16.4. The topological polar surface area (TPSA) is 48.4 Å². The third kappa shape index (κ3) is 3.03. The maximum Gasteiger partial charge on any atom is 0.253 e. The van der Waals surface area contributed by atoms with Crippen LogP contribution in [0.2, 0.25) is 5.02 Å². The highest BCUT2D eigenvalue weighted by Crippen LogP contribution is 2.33. The van der Waals surface area contributed by atoms with Gasteiger partial charge in [0.2, 0.25) is 0 Å². The van der Waals surface area contributed by atoms with Crippen LogP contribution in [-0.2, 0) is 0 Å². The predicted molar refractivity (Wildman–Crippen MR) is 95.5 cm³/mol. The van der Waals surface area contributed by atoms with Crippen LogP contribution in [0.15, 0.2) is 42.5 Å². The fourth-order valence-corrected chi connectivity index (χ4v) is 2.83. The summed E-state index contributed by atoms with van der Waals surface area (Å²) in [6.45, 7) is 0. The summed E-state index contributed by atoms with van der Waals surface area (Å²) in [5.74, 6) is 1.19. The number of nitrogens with zero attached hydrogens (tertiary/aromatic N) is 1. The Hall–Kier alpha value is -2.30. The van der Waals surface area contributed by atoms with Crippen molar-refractivity contribution in [2.75, 3.05) is 14.2 Å². The first kappa shape index (κ1) is 16.6. The van der Waals surface area contributed by atoms with E-state index >= 15 is 0 Å². The zero-order valence-corrected chi connectivity index (χ0v) is 14.5. The van der Waals surface area contributed by atoms with Gasteiger partial charge in [-0.15, -0.1) is 0 Å². The molecule has 1 aromatic heterocycles. The van der Waals surface area contributed by atoms with Crippen LogP contribution >= 0.6 is 23.2 Å². The molecule has 122 valence electrons. The van der Waals surface area contributed by atoms with Crippen LogP contribution < -0.4 is 9.47 Å². The van der Waals surface area contributed by atoms with Gasteiger partial charge in [0.15, 0.2) is 11.5 Å². The molecule has 0 spiro atoms. The monoisotopic (exact) mass is 361 g/mol. The van der Waals surface area contributed by atoms with E-state index in [2.05, 4.69) is 4.98 Å². The van der Waals surface area contributed by atoms with E-state index in [1.54, 1.807) is 50.6 Å². The van der Waals surface area contributed by atoms with Gasteiger partial charge in [-0.25, -0.2) is 4.98 Å². The second-order valence-electron chi connectivity index (χ2n) is 5.06. The molecule has 0 saturated heterocycles. The number of benzene rings is 2. The number of rotatable bonds is 4. The van der Waals surface area contributed by atoms with Gasteiger partial charge < -0.3 is 9.47 Å². The van der Waals surface area contributed by atoms with Crippen LogP contribution in [0, 0.1) is 0 Å². The lowest BCUT2D eigenvalue weighted by atomic mass is 10.0. The lowest BCUT2D eigenvalue weighted by Gasteiger charge is -2.11. The molecule has 2 aromatic carbocycles. The van der Waals surface area contributed by atoms with Gasteiger partial charge in [0.1, 0.15) is 0 Å². The fourth-order valence-electron chi connectivity index (χ4n) is 2.50.